The largest absolute Gasteiger partial charge is 0.329 e. The van der Waals surface area contributed by atoms with Crippen molar-refractivity contribution >= 4 is 45.2 Å². The molecule has 0 radical (unpaired) electrons. The van der Waals surface area contributed by atoms with Crippen LogP contribution in [-0.2, 0) is 4.79 Å². The molecule has 4 nitrogen and oxygen atoms in total. The van der Waals surface area contributed by atoms with Gasteiger partial charge in [0.1, 0.15) is 6.54 Å². The van der Waals surface area contributed by atoms with Crippen molar-refractivity contribution in [1.29, 1.82) is 0 Å². The van der Waals surface area contributed by atoms with Gasteiger partial charge in [0.05, 0.1) is 5.02 Å². The van der Waals surface area contributed by atoms with Crippen LogP contribution in [0.5, 0.6) is 0 Å². The van der Waals surface area contributed by atoms with E-state index in [1.54, 1.807) is 18.2 Å². The number of amides is 3. The van der Waals surface area contributed by atoms with Crippen LogP contribution in [0.25, 0.3) is 0 Å². The molecule has 1 fully saturated rings. The van der Waals surface area contributed by atoms with Crippen molar-refractivity contribution in [3.05, 3.63) is 27.7 Å². The lowest BCUT2D eigenvalue weighted by Crippen LogP contribution is -2.27. The Balaban J connectivity index is 2.34. The Kier molecular flexibility index (Phi) is 2.67. The van der Waals surface area contributed by atoms with Gasteiger partial charge in [-0.15, -0.1) is 0 Å². The minimum absolute atomic E-state index is 0.0485. The van der Waals surface area contributed by atoms with Gasteiger partial charge < -0.3 is 0 Å². The monoisotopic (exact) mass is 288 g/mol. The Hall–Kier alpha value is -1.07. The van der Waals surface area contributed by atoms with Crippen molar-refractivity contribution in [2.45, 2.75) is 0 Å². The summed E-state index contributed by atoms with van der Waals surface area (Å²) < 4.78 is 0.689. The van der Waals surface area contributed by atoms with E-state index in [0.29, 0.717) is 15.2 Å². The van der Waals surface area contributed by atoms with Crippen molar-refractivity contribution in [3.63, 3.8) is 0 Å². The highest BCUT2D eigenvalue weighted by atomic mass is 79.9. The smallest absolute Gasteiger partial charge is 0.285 e. The van der Waals surface area contributed by atoms with E-state index in [1.807, 2.05) is 0 Å². The van der Waals surface area contributed by atoms with Gasteiger partial charge in [-0.05, 0) is 34.1 Å². The zero-order valence-electron chi connectivity index (χ0n) is 7.46. The van der Waals surface area contributed by atoms with Crippen LogP contribution in [0.15, 0.2) is 22.7 Å². The van der Waals surface area contributed by atoms with Gasteiger partial charge >= 0.3 is 6.03 Å². The highest BCUT2D eigenvalue weighted by Gasteiger charge is 2.27. The summed E-state index contributed by atoms with van der Waals surface area (Å²) in [6, 6.07) is 4.64. The quantitative estimate of drug-likeness (QED) is 0.806. The fraction of sp³-hybridized carbons (Fsp3) is 0.111. The molecule has 1 aromatic carbocycles. The Bertz CT molecular complexity index is 450. The minimum atomic E-state index is -0.408. The highest BCUT2D eigenvalue weighted by molar-refractivity contribution is 9.10. The lowest BCUT2D eigenvalue weighted by atomic mass is 10.3. The third-order valence-electron chi connectivity index (χ3n) is 2.01. The second kappa shape index (κ2) is 3.83. The number of hydrogen-bond donors (Lipinski definition) is 1. The molecule has 15 heavy (non-hydrogen) atoms. The number of halogens is 2. The first-order valence-electron chi connectivity index (χ1n) is 4.14. The molecule has 0 unspecified atom stereocenters. The summed E-state index contributed by atoms with van der Waals surface area (Å²) in [6.07, 6.45) is 0. The molecule has 1 heterocycles. The molecule has 0 bridgehead atoms. The molecule has 0 atom stereocenters. The molecule has 1 aliphatic rings. The Morgan fingerprint density at radius 3 is 2.67 bits per heavy atom. The van der Waals surface area contributed by atoms with Gasteiger partial charge in [-0.2, -0.15) is 0 Å². The number of urea groups is 1. The summed E-state index contributed by atoms with van der Waals surface area (Å²) in [7, 11) is 0. The molecule has 0 aromatic heterocycles. The first kappa shape index (κ1) is 10.4. The number of benzene rings is 1. The van der Waals surface area contributed by atoms with Gasteiger partial charge in [0.25, 0.3) is 0 Å². The number of anilines is 1. The second-order valence-electron chi connectivity index (χ2n) is 3.04. The lowest BCUT2D eigenvalue weighted by Gasteiger charge is -2.13. The predicted molar refractivity (Wildman–Crippen MR) is 60.0 cm³/mol. The van der Waals surface area contributed by atoms with Gasteiger partial charge in [0.15, 0.2) is 0 Å². The molecular formula is C9H6BrClN2O2. The van der Waals surface area contributed by atoms with Crippen LogP contribution in [0, 0.1) is 0 Å². The topological polar surface area (TPSA) is 49.4 Å². The zero-order valence-corrected chi connectivity index (χ0v) is 9.80. The fourth-order valence-corrected chi connectivity index (χ4v) is 1.79. The number of rotatable bonds is 1. The van der Waals surface area contributed by atoms with Crippen molar-refractivity contribution < 1.29 is 9.59 Å². The van der Waals surface area contributed by atoms with E-state index < -0.39 is 6.03 Å². The molecule has 1 saturated heterocycles. The third kappa shape index (κ3) is 1.98. The lowest BCUT2D eigenvalue weighted by molar-refractivity contribution is -0.117. The maximum absolute atomic E-state index is 11.3. The average molecular weight is 290 g/mol. The molecule has 3 amide bonds. The van der Waals surface area contributed by atoms with Crippen molar-refractivity contribution in [2.24, 2.45) is 0 Å². The first-order chi connectivity index (χ1) is 7.08. The van der Waals surface area contributed by atoms with Gasteiger partial charge in [-0.25, -0.2) is 4.79 Å². The van der Waals surface area contributed by atoms with Crippen LogP contribution in [0.1, 0.15) is 0 Å². The third-order valence-corrected chi connectivity index (χ3v) is 3.22. The summed E-state index contributed by atoms with van der Waals surface area (Å²) in [6.45, 7) is 0.0485. The minimum Gasteiger partial charge on any atom is -0.285 e. The van der Waals surface area contributed by atoms with Gasteiger partial charge in [-0.3, -0.25) is 15.0 Å². The number of hydrogen-bond acceptors (Lipinski definition) is 2. The summed E-state index contributed by atoms with van der Waals surface area (Å²) in [5.74, 6) is -0.300. The molecule has 1 aromatic rings. The predicted octanol–water partition coefficient (Wildman–Crippen LogP) is 2.16. The molecule has 2 rings (SSSR count). The first-order valence-corrected chi connectivity index (χ1v) is 5.31. The van der Waals surface area contributed by atoms with Crippen molar-refractivity contribution in [1.82, 2.24) is 5.32 Å². The fourth-order valence-electron chi connectivity index (χ4n) is 1.30. The molecule has 1 aliphatic heterocycles. The van der Waals surface area contributed by atoms with Crippen LogP contribution in [-0.4, -0.2) is 18.5 Å². The van der Waals surface area contributed by atoms with E-state index in [1.165, 1.54) is 4.90 Å². The molecule has 78 valence electrons. The SMILES string of the molecule is O=C1CN(c2ccc(Cl)c(Br)c2)C(=O)N1. The summed E-state index contributed by atoms with van der Waals surface area (Å²) in [4.78, 5) is 23.7. The van der Waals surface area contributed by atoms with Crippen LogP contribution < -0.4 is 10.2 Å². The maximum Gasteiger partial charge on any atom is 0.329 e. The van der Waals surface area contributed by atoms with E-state index >= 15 is 0 Å². The standard InChI is InChI=1S/C9H6BrClN2O2/c10-6-3-5(1-2-7(6)11)13-4-8(14)12-9(13)15/h1-3H,4H2,(H,12,14,15). The molecule has 1 N–H and O–H groups in total. The maximum atomic E-state index is 11.3. The number of nitrogens with one attached hydrogen (secondary N) is 1. The van der Waals surface area contributed by atoms with Crippen molar-refractivity contribution in [3.8, 4) is 0 Å². The Morgan fingerprint density at radius 1 is 1.40 bits per heavy atom. The number of nitrogens with zero attached hydrogens (tertiary/aromatic N) is 1. The summed E-state index contributed by atoms with van der Waals surface area (Å²) >= 11 is 9.07. The van der Waals surface area contributed by atoms with Crippen LogP contribution in [0.4, 0.5) is 10.5 Å². The van der Waals surface area contributed by atoms with Gasteiger partial charge in [0, 0.05) is 10.2 Å². The van der Waals surface area contributed by atoms with Gasteiger partial charge in [-0.1, -0.05) is 11.6 Å². The zero-order chi connectivity index (χ0) is 11.0. The van der Waals surface area contributed by atoms with Crippen LogP contribution in [0.2, 0.25) is 5.02 Å². The van der Waals surface area contributed by atoms with Crippen LogP contribution in [0.3, 0.4) is 0 Å². The molecule has 0 aliphatic carbocycles. The van der Waals surface area contributed by atoms with E-state index in [0.717, 1.165) is 0 Å². The number of carbonyl (C=O) groups excluding carboxylic acids is 2. The highest BCUT2D eigenvalue weighted by Crippen LogP contribution is 2.28. The van der Waals surface area contributed by atoms with E-state index in [-0.39, 0.29) is 12.5 Å². The molecule has 0 saturated carbocycles. The summed E-state index contributed by atoms with van der Waals surface area (Å²) in [5, 5.41) is 2.76. The van der Waals surface area contributed by atoms with E-state index in [2.05, 4.69) is 21.2 Å². The molecular weight excluding hydrogens is 283 g/mol. The van der Waals surface area contributed by atoms with Gasteiger partial charge in [0.2, 0.25) is 5.91 Å². The summed E-state index contributed by atoms with van der Waals surface area (Å²) in [5.41, 5.74) is 0.634. The van der Waals surface area contributed by atoms with E-state index in [4.69, 9.17) is 11.6 Å². The molecule has 0 spiro atoms. The molecule has 6 heteroatoms. The average Bonchev–Trinajstić information content (AvgIpc) is 2.50. The van der Waals surface area contributed by atoms with Crippen molar-refractivity contribution in [2.75, 3.05) is 11.4 Å². The van der Waals surface area contributed by atoms with E-state index in [9.17, 15) is 9.59 Å². The Morgan fingerprint density at radius 2 is 2.13 bits per heavy atom. The van der Waals surface area contributed by atoms with Crippen LogP contribution >= 0.6 is 27.5 Å². The number of imide groups is 1. The Labute approximate surface area is 99.3 Å². The number of carbonyl (C=O) groups is 2. The second-order valence-corrected chi connectivity index (χ2v) is 4.30. The normalized spacial score (nSPS) is 15.7.